The molecule has 1 saturated heterocycles. The summed E-state index contributed by atoms with van der Waals surface area (Å²) in [6, 6.07) is 5.14. The van der Waals surface area contributed by atoms with Crippen LogP contribution in [-0.4, -0.2) is 85.8 Å². The molecule has 0 radical (unpaired) electrons. The number of aliphatic hydroxyl groups is 5. The third-order valence-electron chi connectivity index (χ3n) is 6.17. The number of methoxy groups -OCH3 is 1. The molecule has 2 aromatic rings. The maximum atomic E-state index is 13.2. The van der Waals surface area contributed by atoms with Crippen molar-refractivity contribution in [1.82, 2.24) is 0 Å². The minimum Gasteiger partial charge on any atom is -0.507 e. The van der Waals surface area contributed by atoms with E-state index in [1.807, 2.05) is 0 Å². The Hall–Kier alpha value is -2.73. The first-order valence-electron chi connectivity index (χ1n) is 9.89. The number of fused-ring (bicyclic) bond motifs is 2. The highest BCUT2D eigenvalue weighted by Gasteiger charge is 2.58. The van der Waals surface area contributed by atoms with E-state index in [1.54, 1.807) is 6.92 Å². The van der Waals surface area contributed by atoms with Crippen molar-refractivity contribution >= 4 is 5.78 Å². The number of aliphatic hydroxyl groups excluding tert-OH is 4. The topological polar surface area (TPSA) is 177 Å². The molecule has 6 atom stereocenters. The number of phenolic OH excluding ortho intramolecular Hbond substituents is 2. The second kappa shape index (κ2) is 7.69. The van der Waals surface area contributed by atoms with Crippen molar-refractivity contribution in [3.63, 3.8) is 0 Å². The van der Waals surface area contributed by atoms with Crippen molar-refractivity contribution in [3.8, 4) is 17.2 Å². The Kier molecular flexibility index (Phi) is 5.40. The number of aryl methyl sites for hydroxylation is 1. The molecule has 0 saturated carbocycles. The minimum absolute atomic E-state index is 0.0809. The van der Waals surface area contributed by atoms with Crippen LogP contribution in [-0.2, 0) is 10.3 Å². The van der Waals surface area contributed by atoms with Crippen LogP contribution in [0.25, 0.3) is 0 Å². The van der Waals surface area contributed by atoms with Crippen LogP contribution in [0.4, 0.5) is 0 Å². The fourth-order valence-corrected chi connectivity index (χ4v) is 4.59. The van der Waals surface area contributed by atoms with Gasteiger partial charge < -0.3 is 45.2 Å². The highest BCUT2D eigenvalue weighted by molar-refractivity contribution is 6.16. The lowest BCUT2D eigenvalue weighted by Crippen LogP contribution is -2.65. The first kappa shape index (κ1) is 22.5. The Bertz CT molecular complexity index is 1080. The summed E-state index contributed by atoms with van der Waals surface area (Å²) in [6.45, 7) is 0.870. The predicted molar refractivity (Wildman–Crippen MR) is 108 cm³/mol. The Balaban J connectivity index is 2.06. The molecule has 32 heavy (non-hydrogen) atoms. The molecular formula is C22H24O10. The number of phenols is 2. The first-order valence-corrected chi connectivity index (χ1v) is 9.89. The molecule has 1 heterocycles. The predicted octanol–water partition coefficient (Wildman–Crippen LogP) is -0.962. The van der Waals surface area contributed by atoms with E-state index in [1.165, 1.54) is 25.3 Å². The number of hydrogen-bond donors (Lipinski definition) is 7. The lowest BCUT2D eigenvalue weighted by molar-refractivity contribution is -0.265. The van der Waals surface area contributed by atoms with Gasteiger partial charge in [-0.3, -0.25) is 4.79 Å². The van der Waals surface area contributed by atoms with Crippen molar-refractivity contribution in [2.45, 2.75) is 43.0 Å². The van der Waals surface area contributed by atoms with Gasteiger partial charge in [0.1, 0.15) is 53.4 Å². The molecule has 10 nitrogen and oxygen atoms in total. The van der Waals surface area contributed by atoms with E-state index in [0.717, 1.165) is 6.07 Å². The Morgan fingerprint density at radius 3 is 2.16 bits per heavy atom. The first-order chi connectivity index (χ1) is 15.1. The average molecular weight is 448 g/mol. The van der Waals surface area contributed by atoms with Crippen LogP contribution >= 0.6 is 0 Å². The second-order valence-electron chi connectivity index (χ2n) is 8.12. The minimum atomic E-state index is -2.40. The summed E-state index contributed by atoms with van der Waals surface area (Å²) in [6.07, 6.45) is -8.41. The van der Waals surface area contributed by atoms with Crippen LogP contribution in [0, 0.1) is 6.92 Å². The van der Waals surface area contributed by atoms with Gasteiger partial charge in [0.15, 0.2) is 0 Å². The fraction of sp³-hybridized carbons (Fsp3) is 0.409. The van der Waals surface area contributed by atoms with Gasteiger partial charge in [-0.1, -0.05) is 6.07 Å². The third-order valence-corrected chi connectivity index (χ3v) is 6.17. The molecule has 0 spiro atoms. The molecule has 0 bridgehead atoms. The molecule has 4 rings (SSSR count). The SMILES string of the molecule is COc1cc(O)c2c(c1)[C@](O)([C@@H]1O[C@H](CO)[C@@H](O)[C@H](O)[C@H]1O)c1cc(C)cc(O)c1C2=O. The van der Waals surface area contributed by atoms with Crippen molar-refractivity contribution in [2.75, 3.05) is 13.7 Å². The van der Waals surface area contributed by atoms with Gasteiger partial charge in [0.25, 0.3) is 0 Å². The van der Waals surface area contributed by atoms with Gasteiger partial charge in [0.05, 0.1) is 24.8 Å². The van der Waals surface area contributed by atoms with Crippen LogP contribution in [0.3, 0.4) is 0 Å². The number of ether oxygens (including phenoxy) is 2. The highest BCUT2D eigenvalue weighted by Crippen LogP contribution is 2.51. The van der Waals surface area contributed by atoms with E-state index < -0.39 is 60.0 Å². The van der Waals surface area contributed by atoms with Crippen LogP contribution < -0.4 is 4.74 Å². The Morgan fingerprint density at radius 1 is 0.969 bits per heavy atom. The largest absolute Gasteiger partial charge is 0.507 e. The number of hydrogen-bond acceptors (Lipinski definition) is 10. The monoisotopic (exact) mass is 448 g/mol. The normalized spacial score (nSPS) is 31.7. The van der Waals surface area contributed by atoms with E-state index in [4.69, 9.17) is 9.47 Å². The van der Waals surface area contributed by atoms with Crippen LogP contribution in [0.2, 0.25) is 0 Å². The van der Waals surface area contributed by atoms with Crippen molar-refractivity contribution < 1.29 is 50.0 Å². The van der Waals surface area contributed by atoms with Crippen LogP contribution in [0.15, 0.2) is 24.3 Å². The van der Waals surface area contributed by atoms with Gasteiger partial charge >= 0.3 is 0 Å². The third kappa shape index (κ3) is 2.99. The Labute approximate surface area is 182 Å². The molecule has 1 aliphatic carbocycles. The van der Waals surface area contributed by atoms with Crippen LogP contribution in [0.5, 0.6) is 17.2 Å². The fourth-order valence-electron chi connectivity index (χ4n) is 4.59. The van der Waals surface area contributed by atoms with Crippen LogP contribution in [0.1, 0.15) is 32.6 Å². The van der Waals surface area contributed by atoms with Gasteiger partial charge in [-0.2, -0.15) is 0 Å². The van der Waals surface area contributed by atoms with E-state index in [0.29, 0.717) is 5.56 Å². The van der Waals surface area contributed by atoms with Gasteiger partial charge in [-0.15, -0.1) is 0 Å². The zero-order valence-electron chi connectivity index (χ0n) is 17.3. The van der Waals surface area contributed by atoms with E-state index in [-0.39, 0.29) is 28.0 Å². The molecule has 1 aliphatic heterocycles. The number of carbonyl (C=O) groups is 1. The molecular weight excluding hydrogens is 424 g/mol. The van der Waals surface area contributed by atoms with Gasteiger partial charge in [-0.25, -0.2) is 0 Å². The zero-order chi connectivity index (χ0) is 23.5. The summed E-state index contributed by atoms with van der Waals surface area (Å²) in [7, 11) is 1.31. The van der Waals surface area contributed by atoms with Crippen molar-refractivity contribution in [3.05, 3.63) is 52.1 Å². The number of ketones is 1. The molecule has 2 aliphatic rings. The molecule has 172 valence electrons. The quantitative estimate of drug-likeness (QED) is 0.309. The van der Waals surface area contributed by atoms with Crippen molar-refractivity contribution in [1.29, 1.82) is 0 Å². The van der Waals surface area contributed by atoms with Gasteiger partial charge in [-0.05, 0) is 24.6 Å². The van der Waals surface area contributed by atoms with E-state index in [9.17, 15) is 40.5 Å². The van der Waals surface area contributed by atoms with Crippen molar-refractivity contribution in [2.24, 2.45) is 0 Å². The maximum absolute atomic E-state index is 13.2. The molecule has 1 fully saturated rings. The van der Waals surface area contributed by atoms with Gasteiger partial charge in [0, 0.05) is 17.2 Å². The number of carbonyl (C=O) groups excluding carboxylic acids is 1. The molecule has 0 amide bonds. The second-order valence-corrected chi connectivity index (χ2v) is 8.12. The Morgan fingerprint density at radius 2 is 1.56 bits per heavy atom. The lowest BCUT2D eigenvalue weighted by Gasteiger charge is -2.49. The molecule has 10 heteroatoms. The number of benzene rings is 2. The smallest absolute Gasteiger partial charge is 0.201 e. The number of rotatable bonds is 3. The number of aromatic hydroxyl groups is 2. The van der Waals surface area contributed by atoms with E-state index in [2.05, 4.69) is 0 Å². The highest BCUT2D eigenvalue weighted by atomic mass is 16.6. The molecule has 2 aromatic carbocycles. The summed E-state index contributed by atoms with van der Waals surface area (Å²) in [5.41, 5.74) is -2.93. The van der Waals surface area contributed by atoms with Gasteiger partial charge in [0.2, 0.25) is 5.78 Å². The standard InChI is InChI=1S/C22H24O10/c1-8-3-10-15(12(24)4-8)18(27)16-11(5-9(31-2)6-13(16)25)22(10,30)21-20(29)19(28)17(26)14(7-23)32-21/h3-6,14,17,19-21,23-26,28-30H,7H2,1-2H3/t14-,17-,19+,20-,21-,22+/m1/s1. The molecule has 7 N–H and O–H groups in total. The zero-order valence-corrected chi connectivity index (χ0v) is 17.3. The summed E-state index contributed by atoms with van der Waals surface area (Å²) < 4.78 is 10.8. The van der Waals surface area contributed by atoms with E-state index >= 15 is 0 Å². The average Bonchev–Trinajstić information content (AvgIpc) is 2.75. The summed E-state index contributed by atoms with van der Waals surface area (Å²) >= 11 is 0. The maximum Gasteiger partial charge on any atom is 0.201 e. The molecule has 0 unspecified atom stereocenters. The summed E-state index contributed by atoms with van der Waals surface area (Å²) in [5, 5.41) is 74.1. The summed E-state index contributed by atoms with van der Waals surface area (Å²) in [5.74, 6) is -1.70. The summed E-state index contributed by atoms with van der Waals surface area (Å²) in [4.78, 5) is 13.2. The lowest BCUT2D eigenvalue weighted by atomic mass is 9.68. The molecule has 0 aromatic heterocycles.